The molecular formula is C4H15N3O5P+. The molecule has 0 aromatic rings. The zero-order valence-corrected chi connectivity index (χ0v) is 8.05. The molecule has 0 aliphatic heterocycles. The van der Waals surface area contributed by atoms with Gasteiger partial charge in [0, 0.05) is 0 Å². The van der Waals surface area contributed by atoms with Crippen LogP contribution in [0, 0.1) is 0 Å². The van der Waals surface area contributed by atoms with Crippen molar-refractivity contribution in [2.24, 2.45) is 11.5 Å². The zero-order valence-electron chi connectivity index (χ0n) is 7.16. The molecule has 0 unspecified atom stereocenters. The van der Waals surface area contributed by atoms with Gasteiger partial charge in [-0.1, -0.05) is 0 Å². The molecule has 13 heavy (non-hydrogen) atoms. The van der Waals surface area contributed by atoms with E-state index < -0.39 is 7.82 Å². The average Bonchev–Trinajstić information content (AvgIpc) is 1.84. The van der Waals surface area contributed by atoms with Crippen molar-refractivity contribution in [3.05, 3.63) is 0 Å². The SMILES string of the molecule is C[N+](CCO)=C(N)N.O=P(O)(O)O. The number of aliphatic hydroxyl groups is 1. The molecule has 8 N–H and O–H groups in total. The largest absolute Gasteiger partial charge is 0.466 e. The Morgan fingerprint density at radius 3 is 1.77 bits per heavy atom. The number of guanidine groups is 1. The molecular weight excluding hydrogens is 201 g/mol. The van der Waals surface area contributed by atoms with Crippen LogP contribution in [0.2, 0.25) is 0 Å². The fraction of sp³-hybridized carbons (Fsp3) is 0.750. The standard InChI is InChI=1S/C4H11N3O.H3O4P/c1-7(2-3-8)4(5)6;1-5(2,3)4/h8H,2-3H2,1H3,(H3,5,6);(H3,1,2,3,4)/p+1. The third-order valence-corrected chi connectivity index (χ3v) is 0.876. The first kappa shape index (κ1) is 14.8. The van der Waals surface area contributed by atoms with Gasteiger partial charge >= 0.3 is 13.8 Å². The van der Waals surface area contributed by atoms with E-state index in [-0.39, 0.29) is 12.6 Å². The maximum Gasteiger partial charge on any atom is 0.466 e. The van der Waals surface area contributed by atoms with E-state index in [1.165, 1.54) is 0 Å². The summed E-state index contributed by atoms with van der Waals surface area (Å²) in [7, 11) is -2.93. The number of aliphatic hydroxyl groups excluding tert-OH is 1. The molecule has 0 saturated heterocycles. The van der Waals surface area contributed by atoms with Crippen molar-refractivity contribution in [1.82, 2.24) is 0 Å². The Kier molecular flexibility index (Phi) is 7.78. The van der Waals surface area contributed by atoms with Crippen LogP contribution in [-0.4, -0.2) is 50.5 Å². The Hall–Kier alpha value is -0.660. The Balaban J connectivity index is 0. The van der Waals surface area contributed by atoms with Gasteiger partial charge in [0.2, 0.25) is 0 Å². The van der Waals surface area contributed by atoms with Crippen molar-refractivity contribution in [2.45, 2.75) is 0 Å². The predicted octanol–water partition coefficient (Wildman–Crippen LogP) is -3.03. The number of nitrogens with two attached hydrogens (primary N) is 2. The van der Waals surface area contributed by atoms with Crippen molar-refractivity contribution in [1.29, 1.82) is 0 Å². The predicted molar refractivity (Wildman–Crippen MR) is 45.8 cm³/mol. The van der Waals surface area contributed by atoms with Gasteiger partial charge < -0.3 is 19.8 Å². The zero-order chi connectivity index (χ0) is 11.1. The second-order valence-electron chi connectivity index (χ2n) is 2.08. The summed E-state index contributed by atoms with van der Waals surface area (Å²) in [6.45, 7) is 0.566. The number of likely N-dealkylation sites (N-methyl/N-ethyl adjacent to an activating group) is 1. The summed E-state index contributed by atoms with van der Waals surface area (Å²) in [6, 6.07) is 0. The molecule has 0 aromatic carbocycles. The molecule has 0 atom stereocenters. The van der Waals surface area contributed by atoms with Gasteiger partial charge in [-0.25, -0.2) is 4.57 Å². The highest BCUT2D eigenvalue weighted by Gasteiger charge is 2.00. The summed E-state index contributed by atoms with van der Waals surface area (Å²) < 4.78 is 10.5. The molecule has 0 fully saturated rings. The molecule has 0 aliphatic rings. The van der Waals surface area contributed by atoms with E-state index in [0.29, 0.717) is 6.54 Å². The number of nitrogens with zero attached hydrogens (tertiary/aromatic N) is 1. The van der Waals surface area contributed by atoms with Gasteiger partial charge in [0.25, 0.3) is 0 Å². The monoisotopic (exact) mass is 216 g/mol. The fourth-order valence-corrected chi connectivity index (χ4v) is 0.279. The van der Waals surface area contributed by atoms with E-state index in [9.17, 15) is 0 Å². The first-order chi connectivity index (χ1) is 5.68. The van der Waals surface area contributed by atoms with Gasteiger partial charge in [0.1, 0.15) is 0 Å². The Morgan fingerprint density at radius 2 is 1.69 bits per heavy atom. The van der Waals surface area contributed by atoms with Crippen LogP contribution < -0.4 is 11.5 Å². The lowest BCUT2D eigenvalue weighted by Gasteiger charge is -1.96. The van der Waals surface area contributed by atoms with Gasteiger partial charge in [0.05, 0.1) is 20.2 Å². The van der Waals surface area contributed by atoms with Gasteiger partial charge in [-0.05, 0) is 0 Å². The molecule has 9 heteroatoms. The van der Waals surface area contributed by atoms with E-state index >= 15 is 0 Å². The normalized spacial score (nSPS) is 9.92. The number of hydrogen-bond donors (Lipinski definition) is 6. The van der Waals surface area contributed by atoms with Crippen molar-refractivity contribution < 1.29 is 28.9 Å². The number of hydrogen-bond acceptors (Lipinski definition) is 2. The van der Waals surface area contributed by atoms with Crippen LogP contribution >= 0.6 is 7.82 Å². The highest BCUT2D eigenvalue weighted by atomic mass is 31.2. The minimum absolute atomic E-state index is 0.0778. The first-order valence-electron chi connectivity index (χ1n) is 3.16. The van der Waals surface area contributed by atoms with E-state index in [0.717, 1.165) is 0 Å². The molecule has 8 nitrogen and oxygen atoms in total. The Labute approximate surface area is 75.4 Å². The molecule has 0 rings (SSSR count). The van der Waals surface area contributed by atoms with Crippen molar-refractivity contribution >= 4 is 13.8 Å². The first-order valence-corrected chi connectivity index (χ1v) is 4.73. The second kappa shape index (κ2) is 6.81. The number of phosphoric acid groups is 1. The van der Waals surface area contributed by atoms with E-state index in [4.69, 9.17) is 35.8 Å². The molecule has 0 bridgehead atoms. The highest BCUT2D eigenvalue weighted by molar-refractivity contribution is 7.45. The molecule has 80 valence electrons. The lowest BCUT2D eigenvalue weighted by atomic mass is 10.7. The average molecular weight is 216 g/mol. The van der Waals surface area contributed by atoms with E-state index in [1.807, 2.05) is 0 Å². The summed E-state index contributed by atoms with van der Waals surface area (Å²) in [5.41, 5.74) is 10.3. The summed E-state index contributed by atoms with van der Waals surface area (Å²) in [5, 5.41) is 8.32. The van der Waals surface area contributed by atoms with Crippen LogP contribution in [0.25, 0.3) is 0 Å². The lowest BCUT2D eigenvalue weighted by molar-refractivity contribution is -0.501. The third kappa shape index (κ3) is 24.6. The van der Waals surface area contributed by atoms with Gasteiger partial charge in [-0.15, -0.1) is 0 Å². The maximum absolute atomic E-state index is 8.88. The van der Waals surface area contributed by atoms with Gasteiger partial charge in [0.15, 0.2) is 0 Å². The molecule has 0 aromatic heterocycles. The van der Waals surface area contributed by atoms with E-state index in [1.54, 1.807) is 11.6 Å². The minimum atomic E-state index is -4.64. The van der Waals surface area contributed by atoms with E-state index in [2.05, 4.69) is 0 Å². The van der Waals surface area contributed by atoms with Crippen molar-refractivity contribution in [3.8, 4) is 0 Å². The maximum atomic E-state index is 8.88. The van der Waals surface area contributed by atoms with Gasteiger partial charge in [-0.3, -0.25) is 16.0 Å². The van der Waals surface area contributed by atoms with Crippen LogP contribution in [-0.2, 0) is 4.57 Å². The topological polar surface area (TPSA) is 153 Å². The summed E-state index contributed by atoms with van der Waals surface area (Å²) in [4.78, 5) is 21.6. The highest BCUT2D eigenvalue weighted by Crippen LogP contribution is 2.25. The molecule has 0 spiro atoms. The van der Waals surface area contributed by atoms with Crippen molar-refractivity contribution in [2.75, 3.05) is 20.2 Å². The second-order valence-corrected chi connectivity index (χ2v) is 3.11. The van der Waals surface area contributed by atoms with Crippen LogP contribution in [0.3, 0.4) is 0 Å². The fourth-order valence-electron chi connectivity index (χ4n) is 0.279. The molecule has 0 amide bonds. The summed E-state index contributed by atoms with van der Waals surface area (Å²) in [6.07, 6.45) is 0. The molecule has 0 heterocycles. The van der Waals surface area contributed by atoms with Crippen LogP contribution in [0.1, 0.15) is 0 Å². The quantitative estimate of drug-likeness (QED) is 0.124. The third-order valence-electron chi connectivity index (χ3n) is 0.876. The smallest absolute Gasteiger partial charge is 0.393 e. The summed E-state index contributed by atoms with van der Waals surface area (Å²) >= 11 is 0. The Morgan fingerprint density at radius 1 is 1.38 bits per heavy atom. The minimum Gasteiger partial charge on any atom is -0.393 e. The van der Waals surface area contributed by atoms with Crippen LogP contribution in [0.4, 0.5) is 0 Å². The number of rotatable bonds is 2. The van der Waals surface area contributed by atoms with Crippen LogP contribution in [0.15, 0.2) is 0 Å². The lowest BCUT2D eigenvalue weighted by Crippen LogP contribution is -2.35. The summed E-state index contributed by atoms with van der Waals surface area (Å²) in [5.74, 6) is 0.235. The molecule has 0 radical (unpaired) electrons. The van der Waals surface area contributed by atoms with Crippen molar-refractivity contribution in [3.63, 3.8) is 0 Å². The molecule has 0 saturated carbocycles. The van der Waals surface area contributed by atoms with Gasteiger partial charge in [-0.2, -0.15) is 0 Å². The Bertz CT molecular complexity index is 200. The van der Waals surface area contributed by atoms with Crippen LogP contribution in [0.5, 0.6) is 0 Å². The molecule has 0 aliphatic carbocycles.